The predicted molar refractivity (Wildman–Crippen MR) is 148 cm³/mol. The molecule has 0 aliphatic heterocycles. The van der Waals surface area contributed by atoms with Crippen LogP contribution >= 0.6 is 24.8 Å². The smallest absolute Gasteiger partial charge is 0.147 e. The molecule has 4 rings (SSSR count). The second-order valence-electron chi connectivity index (χ2n) is 10.5. The summed E-state index contributed by atoms with van der Waals surface area (Å²) in [6.45, 7) is 10.1. The second-order valence-corrected chi connectivity index (χ2v) is 36.8. The Morgan fingerprint density at radius 1 is 0.969 bits per heavy atom. The van der Waals surface area contributed by atoms with E-state index < -0.39 is 27.2 Å². The molecule has 0 saturated heterocycles. The van der Waals surface area contributed by atoms with E-state index in [0.717, 1.165) is 19.4 Å². The van der Waals surface area contributed by atoms with Crippen molar-refractivity contribution in [2.45, 2.75) is 50.8 Å². The number of hydrogen-bond donors (Lipinski definition) is 0. The molecule has 0 amide bonds. The topological polar surface area (TPSA) is 9.23 Å². The molecular formula is C26H37Cl2OSi2Zr. The third-order valence-corrected chi connectivity index (χ3v) is 18.5. The zero-order valence-corrected chi connectivity index (χ0v) is 26.5. The van der Waals surface area contributed by atoms with Crippen LogP contribution in [0.3, 0.4) is 0 Å². The first-order valence-corrected chi connectivity index (χ1v) is 26.7. The van der Waals surface area contributed by atoms with Gasteiger partial charge in [0.05, 0.1) is 0 Å². The molecule has 0 radical (unpaired) electrons. The van der Waals surface area contributed by atoms with Crippen LogP contribution < -0.4 is 0 Å². The molecule has 173 valence electrons. The first kappa shape index (κ1) is 28.0. The van der Waals surface area contributed by atoms with Crippen LogP contribution in [-0.4, -0.2) is 21.8 Å². The van der Waals surface area contributed by atoms with Gasteiger partial charge in [-0.3, -0.25) is 0 Å². The summed E-state index contributed by atoms with van der Waals surface area (Å²) in [4.78, 5) is 0. The van der Waals surface area contributed by atoms with E-state index >= 15 is 0 Å². The Bertz CT molecular complexity index is 1070. The fourth-order valence-corrected chi connectivity index (χ4v) is 15.6. The van der Waals surface area contributed by atoms with Crippen molar-refractivity contribution >= 4 is 52.2 Å². The van der Waals surface area contributed by atoms with Gasteiger partial charge < -0.3 is 0 Å². The third-order valence-electron chi connectivity index (χ3n) is 6.67. The molecule has 2 aromatic carbocycles. The van der Waals surface area contributed by atoms with Crippen molar-refractivity contribution in [2.75, 3.05) is 6.61 Å². The summed E-state index contributed by atoms with van der Waals surface area (Å²) in [5.74, 6) is 0.476. The molecule has 0 N–H and O–H groups in total. The summed E-state index contributed by atoms with van der Waals surface area (Å²) < 4.78 is 11.6. The maximum Gasteiger partial charge on any atom is -0.147 e. The molecule has 1 nitrogen and oxygen atoms in total. The van der Waals surface area contributed by atoms with Gasteiger partial charge in [-0.2, -0.15) is 0 Å². The Hall–Kier alpha value is -0.223. The first-order chi connectivity index (χ1) is 14.1. The molecule has 2 aromatic rings. The van der Waals surface area contributed by atoms with Gasteiger partial charge in [-0.05, 0) is 0 Å². The Morgan fingerprint density at radius 3 is 2.25 bits per heavy atom. The Morgan fingerprint density at radius 2 is 1.59 bits per heavy atom. The molecule has 2 atom stereocenters. The molecule has 6 heteroatoms. The zero-order chi connectivity index (χ0) is 21.6. The summed E-state index contributed by atoms with van der Waals surface area (Å²) in [6, 6.07) is 18.3. The van der Waals surface area contributed by atoms with Gasteiger partial charge in [-0.1, -0.05) is 0 Å². The van der Waals surface area contributed by atoms with E-state index in [9.17, 15) is 0 Å². The van der Waals surface area contributed by atoms with Crippen molar-refractivity contribution in [2.24, 2.45) is 0 Å². The van der Waals surface area contributed by atoms with Crippen LogP contribution in [0.5, 0.6) is 0 Å². The average Bonchev–Trinajstić information content (AvgIpc) is 3.23. The maximum atomic E-state index is 6.19. The Kier molecular flexibility index (Phi) is 9.27. The molecule has 2 unspecified atom stereocenters. The predicted octanol–water partition coefficient (Wildman–Crippen LogP) is 7.36. The third kappa shape index (κ3) is 5.21. The molecule has 0 aromatic heterocycles. The van der Waals surface area contributed by atoms with Crippen LogP contribution in [0.15, 0.2) is 60.2 Å². The van der Waals surface area contributed by atoms with Crippen LogP contribution in [0.2, 0.25) is 28.9 Å². The maximum absolute atomic E-state index is 6.19. The molecule has 2 aliphatic rings. The number of allylic oxidation sites excluding steroid dienone is 2. The van der Waals surface area contributed by atoms with Gasteiger partial charge in [0.25, 0.3) is 0 Å². The number of hydrogen-bond acceptors (Lipinski definition) is 1. The number of fused-ring (bicyclic) bond motifs is 2. The van der Waals surface area contributed by atoms with Crippen molar-refractivity contribution < 1.29 is 23.3 Å². The van der Waals surface area contributed by atoms with Gasteiger partial charge in [-0.25, -0.2) is 0 Å². The molecular weight excluding hydrogens is 547 g/mol. The summed E-state index contributed by atoms with van der Waals surface area (Å²) in [5, 5.41) is 0. The van der Waals surface area contributed by atoms with E-state index in [4.69, 9.17) is 4.43 Å². The summed E-state index contributed by atoms with van der Waals surface area (Å²) in [7, 11) is -1.45. The minimum absolute atomic E-state index is 0. The van der Waals surface area contributed by atoms with Gasteiger partial charge in [0.2, 0.25) is 0 Å². The first-order valence-electron chi connectivity index (χ1n) is 11.2. The number of halogens is 2. The van der Waals surface area contributed by atoms with Gasteiger partial charge in [-0.15, -0.1) is 24.8 Å². The second kappa shape index (κ2) is 10.6. The van der Waals surface area contributed by atoms with E-state index in [1.165, 1.54) is 16.7 Å². The molecule has 0 fully saturated rings. The summed E-state index contributed by atoms with van der Waals surface area (Å²) in [5.41, 5.74) is 7.59. The zero-order valence-electron chi connectivity index (χ0n) is 20.0. The van der Waals surface area contributed by atoms with Gasteiger partial charge in [0.15, 0.2) is 0 Å². The summed E-state index contributed by atoms with van der Waals surface area (Å²) >= 11 is -2.48. The molecule has 0 spiro atoms. The number of benzene rings is 2. The van der Waals surface area contributed by atoms with E-state index in [1.54, 1.807) is 11.1 Å². The standard InChI is InChI=1S/C24H27OSi.2CH3.2ClH.H2Si.Zr/c1-26(2,3)25-16-8-11-20-17-19-10-5-7-13-22(19)24(20)23-15-14-18-9-4-6-12-21(18)23;;;;;;/h4-7,9-10,12-15,17,24H,8,11,16H2,1-3H3;2*1H3;2*1H;1H2;. The molecule has 0 saturated carbocycles. The van der Waals surface area contributed by atoms with E-state index in [-0.39, 0.29) is 27.9 Å². The fraction of sp³-hybridized carbons (Fsp3) is 0.385. The van der Waals surface area contributed by atoms with Gasteiger partial charge in [0, 0.05) is 0 Å². The van der Waals surface area contributed by atoms with Crippen molar-refractivity contribution in [3.8, 4) is 0 Å². The summed E-state index contributed by atoms with van der Waals surface area (Å²) in [6.07, 6.45) is 9.77. The molecule has 0 heterocycles. The van der Waals surface area contributed by atoms with Crippen molar-refractivity contribution in [1.82, 2.24) is 0 Å². The molecule has 2 aliphatic carbocycles. The molecule has 0 bridgehead atoms. The minimum atomic E-state index is -2.48. The largest absolute Gasteiger partial charge is 0.147 e. The Balaban J connectivity index is 0.00000181. The van der Waals surface area contributed by atoms with Crippen LogP contribution in [0.25, 0.3) is 12.2 Å². The molecule has 32 heavy (non-hydrogen) atoms. The van der Waals surface area contributed by atoms with Crippen molar-refractivity contribution in [3.63, 3.8) is 0 Å². The van der Waals surface area contributed by atoms with E-state index in [2.05, 4.69) is 103 Å². The monoisotopic (exact) mass is 581 g/mol. The number of rotatable bonds is 7. The SMILES string of the molecule is C[Si](C)(C)OCCCC1=Cc2ccccc2C1[C]1([Zr]([CH3])([CH3])=[SiH2])C=Cc2ccccc21.Cl.Cl. The minimum Gasteiger partial charge on any atom is -0.147 e. The van der Waals surface area contributed by atoms with E-state index in [0.29, 0.717) is 5.92 Å². The average molecular weight is 584 g/mol. The fourth-order valence-electron chi connectivity index (χ4n) is 5.36. The quantitative estimate of drug-likeness (QED) is 0.244. The van der Waals surface area contributed by atoms with Crippen molar-refractivity contribution in [3.05, 3.63) is 82.4 Å². The van der Waals surface area contributed by atoms with Gasteiger partial charge in [0.1, 0.15) is 0 Å². The Labute approximate surface area is 213 Å². The van der Waals surface area contributed by atoms with Crippen LogP contribution in [0.4, 0.5) is 0 Å². The van der Waals surface area contributed by atoms with E-state index in [1.807, 2.05) is 0 Å². The van der Waals surface area contributed by atoms with Crippen LogP contribution in [0.1, 0.15) is 41.0 Å². The normalized spacial score (nSPS) is 21.3. The van der Waals surface area contributed by atoms with Crippen LogP contribution in [0, 0.1) is 0 Å². The van der Waals surface area contributed by atoms with Gasteiger partial charge >= 0.3 is 190 Å². The van der Waals surface area contributed by atoms with Crippen molar-refractivity contribution in [1.29, 1.82) is 0 Å². The van der Waals surface area contributed by atoms with Crippen LogP contribution in [-0.2, 0) is 26.4 Å².